The summed E-state index contributed by atoms with van der Waals surface area (Å²) in [6.07, 6.45) is 1.67. The van der Waals surface area contributed by atoms with E-state index >= 15 is 0 Å². The Morgan fingerprint density at radius 3 is 2.65 bits per heavy atom. The summed E-state index contributed by atoms with van der Waals surface area (Å²) in [4.78, 5) is 8.44. The van der Waals surface area contributed by atoms with E-state index in [2.05, 4.69) is 45.1 Å². The van der Waals surface area contributed by atoms with Crippen molar-refractivity contribution in [3.05, 3.63) is 10.7 Å². The number of anilines is 1. The Morgan fingerprint density at radius 2 is 2.12 bits per heavy atom. The van der Waals surface area contributed by atoms with Gasteiger partial charge in [0.2, 0.25) is 11.8 Å². The molecule has 0 aliphatic heterocycles. The smallest absolute Gasteiger partial charge is 0.232 e. The molecule has 1 rings (SSSR count). The molecule has 0 aromatic carbocycles. The SMILES string of the molecule is COCC(Nc1ncc(Br)c(OC)n1)C(C)C. The van der Waals surface area contributed by atoms with Crippen LogP contribution in [-0.2, 0) is 4.74 Å². The van der Waals surface area contributed by atoms with Gasteiger partial charge in [-0.25, -0.2) is 4.98 Å². The Bertz CT molecular complexity index is 361. The van der Waals surface area contributed by atoms with Gasteiger partial charge in [-0.3, -0.25) is 0 Å². The molecule has 96 valence electrons. The highest BCUT2D eigenvalue weighted by atomic mass is 79.9. The molecule has 17 heavy (non-hydrogen) atoms. The molecule has 0 radical (unpaired) electrons. The quantitative estimate of drug-likeness (QED) is 0.874. The maximum atomic E-state index is 5.16. The van der Waals surface area contributed by atoms with Gasteiger partial charge >= 0.3 is 0 Å². The van der Waals surface area contributed by atoms with E-state index in [9.17, 15) is 0 Å². The lowest BCUT2D eigenvalue weighted by atomic mass is 10.1. The highest BCUT2D eigenvalue weighted by Gasteiger charge is 2.15. The highest BCUT2D eigenvalue weighted by Crippen LogP contribution is 2.22. The molecule has 0 saturated heterocycles. The average Bonchev–Trinajstić information content (AvgIpc) is 2.30. The van der Waals surface area contributed by atoms with Crippen LogP contribution in [0.25, 0.3) is 0 Å². The van der Waals surface area contributed by atoms with Crippen LogP contribution in [-0.4, -0.2) is 36.8 Å². The lowest BCUT2D eigenvalue weighted by Crippen LogP contribution is -2.31. The van der Waals surface area contributed by atoms with E-state index in [1.165, 1.54) is 0 Å². The molecule has 1 aromatic rings. The molecule has 6 heteroatoms. The number of nitrogens with zero attached hydrogens (tertiary/aromatic N) is 2. The molecule has 1 heterocycles. The zero-order valence-electron chi connectivity index (χ0n) is 10.5. The molecule has 1 unspecified atom stereocenters. The summed E-state index contributed by atoms with van der Waals surface area (Å²) in [5.41, 5.74) is 0. The number of rotatable bonds is 6. The van der Waals surface area contributed by atoms with Crippen molar-refractivity contribution in [1.29, 1.82) is 0 Å². The minimum absolute atomic E-state index is 0.172. The fourth-order valence-corrected chi connectivity index (χ4v) is 1.66. The van der Waals surface area contributed by atoms with Crippen LogP contribution < -0.4 is 10.1 Å². The first-order valence-electron chi connectivity index (χ1n) is 5.40. The van der Waals surface area contributed by atoms with Crippen LogP contribution in [0.5, 0.6) is 5.88 Å². The fraction of sp³-hybridized carbons (Fsp3) is 0.636. The molecule has 0 fully saturated rings. The van der Waals surface area contributed by atoms with Crippen LogP contribution >= 0.6 is 15.9 Å². The van der Waals surface area contributed by atoms with E-state index in [1.54, 1.807) is 20.4 Å². The predicted molar refractivity (Wildman–Crippen MR) is 70.4 cm³/mol. The summed E-state index contributed by atoms with van der Waals surface area (Å²) in [7, 11) is 3.26. The zero-order valence-corrected chi connectivity index (χ0v) is 12.1. The number of hydrogen-bond acceptors (Lipinski definition) is 5. The van der Waals surface area contributed by atoms with Crippen LogP contribution in [0, 0.1) is 5.92 Å². The van der Waals surface area contributed by atoms with Crippen molar-refractivity contribution in [3.8, 4) is 5.88 Å². The van der Waals surface area contributed by atoms with Gasteiger partial charge < -0.3 is 14.8 Å². The second-order valence-corrected chi connectivity index (χ2v) is 4.86. The van der Waals surface area contributed by atoms with Crippen molar-refractivity contribution in [3.63, 3.8) is 0 Å². The second-order valence-electron chi connectivity index (χ2n) is 4.00. The van der Waals surface area contributed by atoms with Gasteiger partial charge in [-0.15, -0.1) is 0 Å². The summed E-state index contributed by atoms with van der Waals surface area (Å²) in [5, 5.41) is 3.23. The van der Waals surface area contributed by atoms with Gasteiger partial charge in [0, 0.05) is 7.11 Å². The minimum Gasteiger partial charge on any atom is -0.480 e. The molecule has 5 nitrogen and oxygen atoms in total. The highest BCUT2D eigenvalue weighted by molar-refractivity contribution is 9.10. The maximum Gasteiger partial charge on any atom is 0.232 e. The van der Waals surface area contributed by atoms with E-state index < -0.39 is 0 Å². The molecule has 1 atom stereocenters. The summed E-state index contributed by atoms with van der Waals surface area (Å²) in [6.45, 7) is 4.85. The van der Waals surface area contributed by atoms with E-state index in [-0.39, 0.29) is 6.04 Å². The number of ether oxygens (including phenoxy) is 2. The van der Waals surface area contributed by atoms with Gasteiger partial charge in [0.1, 0.15) is 0 Å². The van der Waals surface area contributed by atoms with Crippen LogP contribution in [0.3, 0.4) is 0 Å². The van der Waals surface area contributed by atoms with E-state index in [0.717, 1.165) is 4.47 Å². The normalized spacial score (nSPS) is 12.6. The number of nitrogens with one attached hydrogen (secondary N) is 1. The standard InChI is InChI=1S/C11H18BrN3O2/c1-7(2)9(6-16-3)14-11-13-5-8(12)10(15-11)17-4/h5,7,9H,6H2,1-4H3,(H,13,14,15). The Kier molecular flexibility index (Phi) is 5.64. The molecule has 0 aliphatic carbocycles. The summed E-state index contributed by atoms with van der Waals surface area (Å²) < 4.78 is 11.0. The number of hydrogen-bond donors (Lipinski definition) is 1. The molecule has 0 aliphatic rings. The van der Waals surface area contributed by atoms with Crippen molar-refractivity contribution in [2.45, 2.75) is 19.9 Å². The predicted octanol–water partition coefficient (Wildman–Crippen LogP) is 2.33. The second kappa shape index (κ2) is 6.76. The molecule has 0 amide bonds. The fourth-order valence-electron chi connectivity index (χ4n) is 1.31. The Morgan fingerprint density at radius 1 is 1.41 bits per heavy atom. The third kappa shape index (κ3) is 4.12. The molecular formula is C11H18BrN3O2. The molecular weight excluding hydrogens is 286 g/mol. The Balaban J connectivity index is 2.78. The van der Waals surface area contributed by atoms with Crippen LogP contribution in [0.1, 0.15) is 13.8 Å². The number of methoxy groups -OCH3 is 2. The largest absolute Gasteiger partial charge is 0.480 e. The summed E-state index contributed by atoms with van der Waals surface area (Å²) in [5.74, 6) is 1.48. The molecule has 1 N–H and O–H groups in total. The topological polar surface area (TPSA) is 56.3 Å². The van der Waals surface area contributed by atoms with Gasteiger partial charge in [0.25, 0.3) is 0 Å². The van der Waals surface area contributed by atoms with Gasteiger partial charge in [-0.2, -0.15) is 4.98 Å². The first-order valence-corrected chi connectivity index (χ1v) is 6.19. The van der Waals surface area contributed by atoms with Gasteiger partial charge in [-0.05, 0) is 21.8 Å². The van der Waals surface area contributed by atoms with Crippen molar-refractivity contribution < 1.29 is 9.47 Å². The van der Waals surface area contributed by atoms with Crippen LogP contribution in [0.15, 0.2) is 10.7 Å². The third-order valence-electron chi connectivity index (χ3n) is 2.37. The molecule has 0 saturated carbocycles. The van der Waals surface area contributed by atoms with E-state index in [0.29, 0.717) is 24.4 Å². The van der Waals surface area contributed by atoms with Crippen molar-refractivity contribution in [1.82, 2.24) is 9.97 Å². The summed E-state index contributed by atoms with van der Waals surface area (Å²) in [6, 6.07) is 0.172. The third-order valence-corrected chi connectivity index (χ3v) is 2.91. The Labute approximate surface area is 110 Å². The van der Waals surface area contributed by atoms with Gasteiger partial charge in [-0.1, -0.05) is 13.8 Å². The van der Waals surface area contributed by atoms with E-state index in [4.69, 9.17) is 9.47 Å². The molecule has 0 bridgehead atoms. The Hall–Kier alpha value is -0.880. The minimum atomic E-state index is 0.172. The molecule has 0 spiro atoms. The first-order chi connectivity index (χ1) is 8.08. The van der Waals surface area contributed by atoms with Crippen LogP contribution in [0.4, 0.5) is 5.95 Å². The van der Waals surface area contributed by atoms with Crippen LogP contribution in [0.2, 0.25) is 0 Å². The van der Waals surface area contributed by atoms with Crippen molar-refractivity contribution >= 4 is 21.9 Å². The number of halogens is 1. The lowest BCUT2D eigenvalue weighted by Gasteiger charge is -2.21. The van der Waals surface area contributed by atoms with Crippen molar-refractivity contribution in [2.75, 3.05) is 26.1 Å². The van der Waals surface area contributed by atoms with E-state index in [1.807, 2.05) is 0 Å². The average molecular weight is 304 g/mol. The first kappa shape index (κ1) is 14.2. The molecule has 1 aromatic heterocycles. The van der Waals surface area contributed by atoms with Crippen molar-refractivity contribution in [2.24, 2.45) is 5.92 Å². The maximum absolute atomic E-state index is 5.16. The number of aromatic nitrogens is 2. The summed E-state index contributed by atoms with van der Waals surface area (Å²) >= 11 is 3.31. The monoisotopic (exact) mass is 303 g/mol. The zero-order chi connectivity index (χ0) is 12.8. The van der Waals surface area contributed by atoms with Gasteiger partial charge in [0.05, 0.1) is 30.4 Å². The lowest BCUT2D eigenvalue weighted by molar-refractivity contribution is 0.171. The van der Waals surface area contributed by atoms with Gasteiger partial charge in [0.15, 0.2) is 0 Å².